The van der Waals surface area contributed by atoms with Crippen molar-refractivity contribution in [2.24, 2.45) is 11.3 Å². The van der Waals surface area contributed by atoms with Gasteiger partial charge in [-0.15, -0.1) is 0 Å². The van der Waals surface area contributed by atoms with Crippen molar-refractivity contribution < 1.29 is 9.53 Å². The van der Waals surface area contributed by atoms with Gasteiger partial charge in [0, 0.05) is 31.4 Å². The molecule has 1 aliphatic carbocycles. The molecule has 1 spiro atoms. The summed E-state index contributed by atoms with van der Waals surface area (Å²) in [6, 6.07) is 10.1. The van der Waals surface area contributed by atoms with Gasteiger partial charge < -0.3 is 15.0 Å². The molecule has 2 aromatic rings. The van der Waals surface area contributed by atoms with Crippen LogP contribution in [0.2, 0.25) is 0 Å². The first-order valence-corrected chi connectivity index (χ1v) is 10.8. The Morgan fingerprint density at radius 3 is 2.76 bits per heavy atom. The van der Waals surface area contributed by atoms with Gasteiger partial charge >= 0.3 is 0 Å². The lowest BCUT2D eigenvalue weighted by atomic mass is 9.82. The highest BCUT2D eigenvalue weighted by molar-refractivity contribution is 5.87. The van der Waals surface area contributed by atoms with Gasteiger partial charge in [0.25, 0.3) is 0 Å². The Kier molecular flexibility index (Phi) is 3.84. The summed E-state index contributed by atoms with van der Waals surface area (Å²) >= 11 is 0. The normalized spacial score (nSPS) is 29.4. The summed E-state index contributed by atoms with van der Waals surface area (Å²) in [5, 5.41) is 3.39. The van der Waals surface area contributed by atoms with E-state index in [0.717, 1.165) is 68.9 Å². The van der Waals surface area contributed by atoms with Crippen molar-refractivity contribution in [3.8, 4) is 11.4 Å². The number of rotatable bonds is 2. The SMILES string of the molecule is O=C(N1CCC2(CC1)OCCc1cnc(-c3ccccc3)nc12)[C@@]12CNC[C@@H]1C2. The van der Waals surface area contributed by atoms with E-state index in [0.29, 0.717) is 18.4 Å². The summed E-state index contributed by atoms with van der Waals surface area (Å²) in [4.78, 5) is 24.8. The minimum absolute atomic E-state index is 0.0987. The third kappa shape index (κ3) is 2.66. The standard InChI is InChI=1S/C23H26N4O2/c28-21(22-12-18(22)14-24-15-22)27-9-7-23(8-10-27)19-17(6-11-29-23)13-25-20(26-19)16-4-2-1-3-5-16/h1-5,13,18,24H,6-12,14-15H2/t18-,22-/m0/s1. The quantitative estimate of drug-likeness (QED) is 0.851. The number of nitrogens with one attached hydrogen (secondary N) is 1. The highest BCUT2D eigenvalue weighted by Gasteiger charge is 2.63. The number of likely N-dealkylation sites (tertiary alicyclic amines) is 1. The maximum Gasteiger partial charge on any atom is 0.230 e. The molecule has 6 heteroatoms. The number of ether oxygens (including phenoxy) is 1. The fraction of sp³-hybridized carbons (Fsp3) is 0.522. The first-order chi connectivity index (χ1) is 14.2. The van der Waals surface area contributed by atoms with Crippen LogP contribution in [0.25, 0.3) is 11.4 Å². The highest BCUT2D eigenvalue weighted by atomic mass is 16.5. The van der Waals surface area contributed by atoms with Crippen LogP contribution in [0, 0.1) is 11.3 Å². The molecule has 1 amide bonds. The lowest BCUT2D eigenvalue weighted by molar-refractivity contribution is -0.146. The van der Waals surface area contributed by atoms with E-state index in [9.17, 15) is 4.79 Å². The molecule has 1 saturated carbocycles. The molecule has 0 radical (unpaired) electrons. The largest absolute Gasteiger partial charge is 0.368 e. The number of benzene rings is 1. The number of fused-ring (bicyclic) bond motifs is 3. The zero-order valence-corrected chi connectivity index (χ0v) is 16.6. The zero-order chi connectivity index (χ0) is 19.5. The second-order valence-corrected chi connectivity index (χ2v) is 9.01. The van der Waals surface area contributed by atoms with E-state index < -0.39 is 0 Å². The predicted molar refractivity (Wildman–Crippen MR) is 108 cm³/mol. The van der Waals surface area contributed by atoms with Crippen molar-refractivity contribution in [2.45, 2.75) is 31.3 Å². The lowest BCUT2D eigenvalue weighted by Gasteiger charge is -2.44. The molecule has 4 heterocycles. The molecule has 6 nitrogen and oxygen atoms in total. The maximum atomic E-state index is 13.1. The van der Waals surface area contributed by atoms with E-state index in [1.165, 1.54) is 5.56 Å². The fourth-order valence-electron chi connectivity index (χ4n) is 5.57. The maximum absolute atomic E-state index is 13.1. The Hall–Kier alpha value is -2.31. The summed E-state index contributed by atoms with van der Waals surface area (Å²) in [7, 11) is 0. The molecule has 2 saturated heterocycles. The van der Waals surface area contributed by atoms with Crippen LogP contribution in [0.1, 0.15) is 30.5 Å². The predicted octanol–water partition coefficient (Wildman–Crippen LogP) is 2.14. The first-order valence-electron chi connectivity index (χ1n) is 10.8. The van der Waals surface area contributed by atoms with Crippen molar-refractivity contribution in [3.05, 3.63) is 47.8 Å². The molecule has 4 aliphatic rings. The van der Waals surface area contributed by atoms with E-state index in [4.69, 9.17) is 9.72 Å². The summed E-state index contributed by atoms with van der Waals surface area (Å²) in [5.74, 6) is 1.66. The van der Waals surface area contributed by atoms with Crippen molar-refractivity contribution in [1.82, 2.24) is 20.2 Å². The van der Waals surface area contributed by atoms with Crippen LogP contribution >= 0.6 is 0 Å². The molecule has 3 fully saturated rings. The summed E-state index contributed by atoms with van der Waals surface area (Å²) in [6.07, 6.45) is 5.51. The molecule has 1 aromatic heterocycles. The Labute approximate surface area is 170 Å². The van der Waals surface area contributed by atoms with Crippen molar-refractivity contribution >= 4 is 5.91 Å². The Morgan fingerprint density at radius 2 is 2.03 bits per heavy atom. The molecular formula is C23H26N4O2. The molecule has 150 valence electrons. The molecule has 0 bridgehead atoms. The molecule has 1 N–H and O–H groups in total. The average Bonchev–Trinajstić information content (AvgIpc) is 3.35. The van der Waals surface area contributed by atoms with Crippen LogP contribution in [0.15, 0.2) is 36.5 Å². The van der Waals surface area contributed by atoms with Gasteiger partial charge in [-0.3, -0.25) is 4.79 Å². The van der Waals surface area contributed by atoms with Gasteiger partial charge in [-0.2, -0.15) is 0 Å². The third-order valence-electron chi connectivity index (χ3n) is 7.43. The van der Waals surface area contributed by atoms with Crippen molar-refractivity contribution in [1.29, 1.82) is 0 Å². The summed E-state index contributed by atoms with van der Waals surface area (Å²) < 4.78 is 6.37. The van der Waals surface area contributed by atoms with Gasteiger partial charge in [0.05, 0.1) is 17.7 Å². The number of amides is 1. The van der Waals surface area contributed by atoms with Gasteiger partial charge in [-0.05, 0) is 43.7 Å². The van der Waals surface area contributed by atoms with E-state index in [1.807, 2.05) is 36.5 Å². The molecular weight excluding hydrogens is 364 g/mol. The van der Waals surface area contributed by atoms with Crippen LogP contribution in [-0.4, -0.2) is 53.6 Å². The van der Waals surface area contributed by atoms with Gasteiger partial charge in [0.2, 0.25) is 5.91 Å². The topological polar surface area (TPSA) is 67.4 Å². The smallest absolute Gasteiger partial charge is 0.230 e. The summed E-state index contributed by atoms with van der Waals surface area (Å²) in [6.45, 7) is 4.05. The van der Waals surface area contributed by atoms with Gasteiger partial charge in [0.1, 0.15) is 5.60 Å². The van der Waals surface area contributed by atoms with Crippen LogP contribution in [0.3, 0.4) is 0 Å². The number of aromatic nitrogens is 2. The van der Waals surface area contributed by atoms with Crippen LogP contribution in [0.4, 0.5) is 0 Å². The Morgan fingerprint density at radius 1 is 1.21 bits per heavy atom. The summed E-state index contributed by atoms with van der Waals surface area (Å²) in [5.41, 5.74) is 2.77. The number of carbonyl (C=O) groups excluding carboxylic acids is 1. The number of hydrogen-bond acceptors (Lipinski definition) is 5. The highest BCUT2D eigenvalue weighted by Crippen LogP contribution is 2.56. The number of nitrogens with zero attached hydrogens (tertiary/aromatic N) is 3. The van der Waals surface area contributed by atoms with Crippen molar-refractivity contribution in [2.75, 3.05) is 32.8 Å². The molecule has 29 heavy (non-hydrogen) atoms. The molecule has 0 unspecified atom stereocenters. The molecule has 2 atom stereocenters. The number of hydrogen-bond donors (Lipinski definition) is 1. The Bertz CT molecular complexity index is 955. The van der Waals surface area contributed by atoms with Gasteiger partial charge in [-0.1, -0.05) is 30.3 Å². The second kappa shape index (κ2) is 6.34. The number of carbonyl (C=O) groups is 1. The van der Waals surface area contributed by atoms with E-state index in [1.54, 1.807) is 0 Å². The molecule has 3 aliphatic heterocycles. The lowest BCUT2D eigenvalue weighted by Crippen LogP contribution is -2.51. The van der Waals surface area contributed by atoms with Crippen LogP contribution in [0.5, 0.6) is 0 Å². The molecule has 6 rings (SSSR count). The van der Waals surface area contributed by atoms with E-state index in [2.05, 4.69) is 15.2 Å². The second-order valence-electron chi connectivity index (χ2n) is 9.01. The minimum Gasteiger partial charge on any atom is -0.368 e. The number of piperidine rings is 2. The average molecular weight is 390 g/mol. The van der Waals surface area contributed by atoms with Crippen LogP contribution < -0.4 is 5.32 Å². The van der Waals surface area contributed by atoms with Gasteiger partial charge in [-0.25, -0.2) is 9.97 Å². The zero-order valence-electron chi connectivity index (χ0n) is 16.6. The minimum atomic E-state index is -0.384. The van der Waals surface area contributed by atoms with Gasteiger partial charge in [0.15, 0.2) is 5.82 Å². The van der Waals surface area contributed by atoms with Crippen LogP contribution in [-0.2, 0) is 21.6 Å². The monoisotopic (exact) mass is 390 g/mol. The van der Waals surface area contributed by atoms with Crippen molar-refractivity contribution in [3.63, 3.8) is 0 Å². The van der Waals surface area contributed by atoms with E-state index in [-0.39, 0.29) is 11.0 Å². The molecule has 1 aromatic carbocycles. The first kappa shape index (κ1) is 17.5. The Balaban J connectivity index is 1.26. The third-order valence-corrected chi connectivity index (χ3v) is 7.43. The van der Waals surface area contributed by atoms with E-state index >= 15 is 0 Å². The fourth-order valence-corrected chi connectivity index (χ4v) is 5.57.